The zero-order chi connectivity index (χ0) is 12.4. The number of alkyl halides is 1. The van der Waals surface area contributed by atoms with Crippen molar-refractivity contribution in [2.24, 2.45) is 0 Å². The molecule has 1 aliphatic rings. The summed E-state index contributed by atoms with van der Waals surface area (Å²) in [6, 6.07) is 2.55. The molecule has 2 unspecified atom stereocenters. The lowest BCUT2D eigenvalue weighted by atomic mass is 10.2. The van der Waals surface area contributed by atoms with Crippen molar-refractivity contribution >= 4 is 23.5 Å². The van der Waals surface area contributed by atoms with Crippen molar-refractivity contribution in [3.05, 3.63) is 24.2 Å². The molecule has 6 heteroatoms. The van der Waals surface area contributed by atoms with E-state index >= 15 is 0 Å². The fourth-order valence-corrected chi connectivity index (χ4v) is 2.23. The molecule has 0 aliphatic carbocycles. The van der Waals surface area contributed by atoms with Crippen molar-refractivity contribution in [2.45, 2.75) is 17.8 Å². The highest BCUT2D eigenvalue weighted by Crippen LogP contribution is 2.25. The van der Waals surface area contributed by atoms with Gasteiger partial charge in [0.2, 0.25) is 0 Å². The van der Waals surface area contributed by atoms with Crippen LogP contribution in [-0.2, 0) is 9.53 Å². The Hall–Kier alpha value is -1.49. The van der Waals surface area contributed by atoms with E-state index in [0.29, 0.717) is 13.0 Å². The van der Waals surface area contributed by atoms with Gasteiger partial charge >= 0.3 is 5.97 Å². The first-order chi connectivity index (χ1) is 8.13. The van der Waals surface area contributed by atoms with Gasteiger partial charge in [-0.15, -0.1) is 11.6 Å². The molecule has 1 amide bonds. The van der Waals surface area contributed by atoms with E-state index in [1.807, 2.05) is 0 Å². The van der Waals surface area contributed by atoms with Crippen LogP contribution in [0.3, 0.4) is 0 Å². The molecule has 1 aromatic heterocycles. The van der Waals surface area contributed by atoms with Crippen molar-refractivity contribution < 1.29 is 18.7 Å². The van der Waals surface area contributed by atoms with Gasteiger partial charge in [-0.25, -0.2) is 4.79 Å². The molecule has 1 fully saturated rings. The Kier molecular flexibility index (Phi) is 3.38. The molecule has 0 bridgehead atoms. The minimum absolute atomic E-state index is 0.199. The molecule has 92 valence electrons. The average molecular weight is 258 g/mol. The fraction of sp³-hybridized carbons (Fsp3) is 0.455. The molecule has 1 saturated heterocycles. The molecule has 5 nitrogen and oxygen atoms in total. The number of carbonyl (C=O) groups is 2. The minimum Gasteiger partial charge on any atom is -0.467 e. The number of carbonyl (C=O) groups excluding carboxylic acids is 2. The molecule has 0 N–H and O–H groups in total. The van der Waals surface area contributed by atoms with Gasteiger partial charge in [0.25, 0.3) is 5.91 Å². The highest BCUT2D eigenvalue weighted by atomic mass is 35.5. The summed E-state index contributed by atoms with van der Waals surface area (Å²) >= 11 is 5.98. The number of halogens is 1. The van der Waals surface area contributed by atoms with Crippen LogP contribution in [0.25, 0.3) is 0 Å². The number of hydrogen-bond donors (Lipinski definition) is 0. The number of rotatable bonds is 2. The molecule has 1 aliphatic heterocycles. The number of esters is 1. The number of nitrogens with zero attached hydrogens (tertiary/aromatic N) is 1. The summed E-state index contributed by atoms with van der Waals surface area (Å²) in [6.07, 6.45) is 1.81. The van der Waals surface area contributed by atoms with Crippen LogP contribution in [-0.4, -0.2) is 41.8 Å². The second-order valence-corrected chi connectivity index (χ2v) is 4.42. The van der Waals surface area contributed by atoms with E-state index in [9.17, 15) is 9.59 Å². The van der Waals surface area contributed by atoms with E-state index in [4.69, 9.17) is 16.0 Å². The van der Waals surface area contributed by atoms with Gasteiger partial charge in [-0.1, -0.05) is 0 Å². The van der Waals surface area contributed by atoms with Gasteiger partial charge in [0, 0.05) is 6.54 Å². The maximum Gasteiger partial charge on any atom is 0.328 e. The first-order valence-corrected chi connectivity index (χ1v) is 5.63. The van der Waals surface area contributed by atoms with Gasteiger partial charge in [-0.05, 0) is 18.6 Å². The predicted molar refractivity (Wildman–Crippen MR) is 59.8 cm³/mol. The van der Waals surface area contributed by atoms with E-state index in [1.165, 1.54) is 18.3 Å². The SMILES string of the molecule is COC(=O)C1CC(Cl)CN1C(=O)c1ccco1. The summed E-state index contributed by atoms with van der Waals surface area (Å²) in [4.78, 5) is 25.0. The second-order valence-electron chi connectivity index (χ2n) is 3.81. The standard InChI is InChI=1S/C11H12ClNO4/c1-16-11(15)8-5-7(12)6-13(8)10(14)9-3-2-4-17-9/h2-4,7-8H,5-6H2,1H3. The smallest absolute Gasteiger partial charge is 0.328 e. The van der Waals surface area contributed by atoms with Gasteiger partial charge in [-0.3, -0.25) is 4.79 Å². The first-order valence-electron chi connectivity index (χ1n) is 5.20. The lowest BCUT2D eigenvalue weighted by molar-refractivity contribution is -0.145. The number of furan rings is 1. The monoisotopic (exact) mass is 257 g/mol. The lowest BCUT2D eigenvalue weighted by Gasteiger charge is -2.21. The van der Waals surface area contributed by atoms with E-state index in [-0.39, 0.29) is 17.0 Å². The van der Waals surface area contributed by atoms with Gasteiger partial charge in [0.05, 0.1) is 18.8 Å². The zero-order valence-corrected chi connectivity index (χ0v) is 10.0. The van der Waals surface area contributed by atoms with Gasteiger partial charge in [0.15, 0.2) is 5.76 Å². The molecule has 0 radical (unpaired) electrons. The highest BCUT2D eigenvalue weighted by molar-refractivity contribution is 6.21. The molecule has 0 aromatic carbocycles. The minimum atomic E-state index is -0.625. The maximum absolute atomic E-state index is 12.1. The third kappa shape index (κ3) is 2.29. The summed E-state index contributed by atoms with van der Waals surface area (Å²) in [5.41, 5.74) is 0. The number of hydrogen-bond acceptors (Lipinski definition) is 4. The van der Waals surface area contributed by atoms with Crippen LogP contribution < -0.4 is 0 Å². The van der Waals surface area contributed by atoms with Gasteiger partial charge < -0.3 is 14.1 Å². The third-order valence-corrected chi connectivity index (χ3v) is 3.03. The highest BCUT2D eigenvalue weighted by Gasteiger charge is 2.40. The second kappa shape index (κ2) is 4.79. The maximum atomic E-state index is 12.1. The quantitative estimate of drug-likeness (QED) is 0.591. The fourth-order valence-electron chi connectivity index (χ4n) is 1.91. The summed E-state index contributed by atoms with van der Waals surface area (Å²) in [7, 11) is 1.29. The Bertz CT molecular complexity index is 417. The molecule has 17 heavy (non-hydrogen) atoms. The van der Waals surface area contributed by atoms with E-state index in [1.54, 1.807) is 12.1 Å². The van der Waals surface area contributed by atoms with Crippen LogP contribution in [0.2, 0.25) is 0 Å². The Morgan fingerprint density at radius 1 is 1.59 bits per heavy atom. The van der Waals surface area contributed by atoms with Crippen molar-refractivity contribution in [1.29, 1.82) is 0 Å². The molecule has 0 saturated carbocycles. The molecule has 2 heterocycles. The van der Waals surface area contributed by atoms with Crippen LogP contribution in [0, 0.1) is 0 Å². The number of likely N-dealkylation sites (tertiary alicyclic amines) is 1. The molecule has 2 rings (SSSR count). The van der Waals surface area contributed by atoms with Crippen molar-refractivity contribution in [2.75, 3.05) is 13.7 Å². The summed E-state index contributed by atoms with van der Waals surface area (Å²) in [5.74, 6) is -0.591. The summed E-state index contributed by atoms with van der Waals surface area (Å²) < 4.78 is 9.68. The lowest BCUT2D eigenvalue weighted by Crippen LogP contribution is -2.41. The van der Waals surface area contributed by atoms with E-state index in [0.717, 1.165) is 0 Å². The Labute approximate surface area is 103 Å². The van der Waals surface area contributed by atoms with Crippen LogP contribution in [0.1, 0.15) is 17.0 Å². The molecular weight excluding hydrogens is 246 g/mol. The van der Waals surface area contributed by atoms with Crippen molar-refractivity contribution in [3.8, 4) is 0 Å². The van der Waals surface area contributed by atoms with Crippen LogP contribution in [0.15, 0.2) is 22.8 Å². The van der Waals surface area contributed by atoms with Gasteiger partial charge in [0.1, 0.15) is 6.04 Å². The first kappa shape index (κ1) is 12.0. The normalized spacial score (nSPS) is 23.8. The van der Waals surface area contributed by atoms with Crippen molar-refractivity contribution in [1.82, 2.24) is 4.90 Å². The predicted octanol–water partition coefficient (Wildman–Crippen LogP) is 1.27. The molecular formula is C11H12ClNO4. The number of amides is 1. The van der Waals surface area contributed by atoms with Crippen LogP contribution in [0.4, 0.5) is 0 Å². The largest absolute Gasteiger partial charge is 0.467 e. The molecule has 2 atom stereocenters. The molecule has 0 spiro atoms. The average Bonchev–Trinajstić information content (AvgIpc) is 2.95. The van der Waals surface area contributed by atoms with Crippen LogP contribution in [0.5, 0.6) is 0 Å². The molecule has 1 aromatic rings. The number of ether oxygens (including phenoxy) is 1. The van der Waals surface area contributed by atoms with Crippen molar-refractivity contribution in [3.63, 3.8) is 0 Å². The van der Waals surface area contributed by atoms with Gasteiger partial charge in [-0.2, -0.15) is 0 Å². The van der Waals surface area contributed by atoms with Crippen LogP contribution >= 0.6 is 11.6 Å². The topological polar surface area (TPSA) is 59.8 Å². The van der Waals surface area contributed by atoms with E-state index < -0.39 is 12.0 Å². The zero-order valence-electron chi connectivity index (χ0n) is 9.26. The summed E-state index contributed by atoms with van der Waals surface area (Å²) in [6.45, 7) is 0.320. The Morgan fingerprint density at radius 2 is 2.35 bits per heavy atom. The summed E-state index contributed by atoms with van der Waals surface area (Å²) in [5, 5.41) is -0.238. The van der Waals surface area contributed by atoms with E-state index in [2.05, 4.69) is 4.74 Å². The Morgan fingerprint density at radius 3 is 2.94 bits per heavy atom. The third-order valence-electron chi connectivity index (χ3n) is 2.72. The Balaban J connectivity index is 2.18. The number of methoxy groups -OCH3 is 1.